The van der Waals surface area contributed by atoms with Gasteiger partial charge < -0.3 is 10.1 Å². The zero-order valence-corrected chi connectivity index (χ0v) is 16.8. The summed E-state index contributed by atoms with van der Waals surface area (Å²) in [4.78, 5) is 12.9. The number of aryl methyl sites for hydroxylation is 2. The molecular formula is C21H21ClFN3O2. The Morgan fingerprint density at radius 3 is 2.54 bits per heavy atom. The number of methoxy groups -OCH3 is 1. The van der Waals surface area contributed by atoms with Gasteiger partial charge in [0.25, 0.3) is 5.91 Å². The van der Waals surface area contributed by atoms with Gasteiger partial charge in [0, 0.05) is 5.56 Å². The first-order chi connectivity index (χ1) is 13.3. The first-order valence-corrected chi connectivity index (χ1v) is 9.16. The molecule has 1 amide bonds. The second-order valence-corrected chi connectivity index (χ2v) is 6.94. The molecule has 2 aromatic carbocycles. The fourth-order valence-corrected chi connectivity index (χ4v) is 3.41. The van der Waals surface area contributed by atoms with Crippen molar-refractivity contribution in [3.05, 3.63) is 75.8 Å². The van der Waals surface area contributed by atoms with Gasteiger partial charge in [-0.3, -0.25) is 4.79 Å². The smallest absolute Gasteiger partial charge is 0.256 e. The molecule has 3 aromatic rings. The van der Waals surface area contributed by atoms with Crippen LogP contribution in [0.25, 0.3) is 5.69 Å². The van der Waals surface area contributed by atoms with Crippen LogP contribution in [0, 0.1) is 19.7 Å². The number of carbonyl (C=O) groups excluding carboxylic acids is 1. The number of nitrogens with one attached hydrogen (secondary N) is 1. The van der Waals surface area contributed by atoms with Crippen LogP contribution in [0.3, 0.4) is 0 Å². The van der Waals surface area contributed by atoms with Gasteiger partial charge in [-0.15, -0.1) is 0 Å². The van der Waals surface area contributed by atoms with Crippen LogP contribution < -0.4 is 10.1 Å². The van der Waals surface area contributed by atoms with Crippen molar-refractivity contribution in [2.45, 2.75) is 26.8 Å². The zero-order valence-electron chi connectivity index (χ0n) is 16.1. The van der Waals surface area contributed by atoms with Crippen molar-refractivity contribution >= 4 is 17.5 Å². The maximum atomic E-state index is 13.2. The Hall–Kier alpha value is -2.86. The van der Waals surface area contributed by atoms with Crippen LogP contribution in [0.15, 0.2) is 42.5 Å². The van der Waals surface area contributed by atoms with Gasteiger partial charge in [-0.2, -0.15) is 5.10 Å². The summed E-state index contributed by atoms with van der Waals surface area (Å²) in [5, 5.41) is 7.46. The first kappa shape index (κ1) is 19.9. The van der Waals surface area contributed by atoms with E-state index < -0.39 is 0 Å². The predicted octanol–water partition coefficient (Wildman–Crippen LogP) is 4.78. The number of ether oxygens (including phenoxy) is 1. The van der Waals surface area contributed by atoms with E-state index >= 15 is 0 Å². The van der Waals surface area contributed by atoms with Crippen LogP contribution in [0.5, 0.6) is 5.75 Å². The van der Waals surface area contributed by atoms with Crippen molar-refractivity contribution in [3.8, 4) is 11.4 Å². The van der Waals surface area contributed by atoms with E-state index in [-0.39, 0.29) is 28.5 Å². The lowest BCUT2D eigenvalue weighted by Crippen LogP contribution is -2.27. The lowest BCUT2D eigenvalue weighted by molar-refractivity contribution is 0.0939. The van der Waals surface area contributed by atoms with Gasteiger partial charge in [-0.1, -0.05) is 29.3 Å². The molecule has 1 atom stereocenters. The first-order valence-electron chi connectivity index (χ1n) is 8.78. The second-order valence-electron chi connectivity index (χ2n) is 6.58. The number of hydrogen-bond acceptors (Lipinski definition) is 3. The molecule has 0 saturated heterocycles. The Kier molecular flexibility index (Phi) is 5.70. The highest BCUT2D eigenvalue weighted by molar-refractivity contribution is 6.33. The van der Waals surface area contributed by atoms with Gasteiger partial charge in [0.2, 0.25) is 0 Å². The molecule has 28 heavy (non-hydrogen) atoms. The number of halogens is 2. The summed E-state index contributed by atoms with van der Waals surface area (Å²) in [6.07, 6.45) is 0. The van der Waals surface area contributed by atoms with Crippen LogP contribution in [0.1, 0.15) is 40.1 Å². The molecular weight excluding hydrogens is 381 g/mol. The molecule has 0 aliphatic carbocycles. The Balaban J connectivity index is 1.89. The largest absolute Gasteiger partial charge is 0.496 e. The summed E-state index contributed by atoms with van der Waals surface area (Å²) >= 11 is 6.43. The predicted molar refractivity (Wildman–Crippen MR) is 107 cm³/mol. The fourth-order valence-electron chi connectivity index (χ4n) is 3.05. The number of nitrogens with zero attached hydrogens (tertiary/aromatic N) is 2. The molecule has 1 aromatic heterocycles. The molecule has 0 unspecified atom stereocenters. The molecule has 146 valence electrons. The van der Waals surface area contributed by atoms with Gasteiger partial charge in [0.15, 0.2) is 0 Å². The standard InChI is InChI=1S/C21H21ClFN3O2/c1-12-5-10-18(28-4)17(11-12)13(2)24-21(27)19-14(3)25-26(20(19)22)16-8-6-15(23)7-9-16/h5-11,13H,1-4H3,(H,24,27)/t13-/m0/s1. The summed E-state index contributed by atoms with van der Waals surface area (Å²) < 4.78 is 20.0. The van der Waals surface area contributed by atoms with Gasteiger partial charge in [-0.05, 0) is 51.1 Å². The van der Waals surface area contributed by atoms with Crippen molar-refractivity contribution in [3.63, 3.8) is 0 Å². The average molecular weight is 402 g/mol. The van der Waals surface area contributed by atoms with Crippen LogP contribution in [0.4, 0.5) is 4.39 Å². The summed E-state index contributed by atoms with van der Waals surface area (Å²) in [6, 6.07) is 11.2. The topological polar surface area (TPSA) is 56.1 Å². The average Bonchev–Trinajstić information content (AvgIpc) is 2.96. The highest BCUT2D eigenvalue weighted by atomic mass is 35.5. The molecule has 0 saturated carbocycles. The zero-order chi connectivity index (χ0) is 20.4. The van der Waals surface area contributed by atoms with Crippen LogP contribution in [-0.4, -0.2) is 22.8 Å². The maximum absolute atomic E-state index is 13.2. The number of rotatable bonds is 5. The van der Waals surface area contributed by atoms with Gasteiger partial charge in [0.1, 0.15) is 16.7 Å². The van der Waals surface area contributed by atoms with E-state index in [1.807, 2.05) is 32.0 Å². The molecule has 0 aliphatic rings. The highest BCUT2D eigenvalue weighted by Gasteiger charge is 2.23. The molecule has 1 N–H and O–H groups in total. The molecule has 3 rings (SSSR count). The van der Waals surface area contributed by atoms with E-state index in [9.17, 15) is 9.18 Å². The number of carbonyl (C=O) groups is 1. The minimum atomic E-state index is -0.359. The van der Waals surface area contributed by atoms with Crippen LogP contribution in [0.2, 0.25) is 5.15 Å². The normalized spacial score (nSPS) is 11.9. The van der Waals surface area contributed by atoms with E-state index in [0.29, 0.717) is 17.1 Å². The Bertz CT molecular complexity index is 1020. The SMILES string of the molecule is COc1ccc(C)cc1[C@H](C)NC(=O)c1c(C)nn(-c2ccc(F)cc2)c1Cl. The number of benzene rings is 2. The third-order valence-corrected chi connectivity index (χ3v) is 4.85. The monoisotopic (exact) mass is 401 g/mol. The lowest BCUT2D eigenvalue weighted by atomic mass is 10.0. The lowest BCUT2D eigenvalue weighted by Gasteiger charge is -2.18. The Morgan fingerprint density at radius 2 is 1.89 bits per heavy atom. The van der Waals surface area contributed by atoms with E-state index in [1.54, 1.807) is 26.2 Å². The third kappa shape index (κ3) is 3.87. The summed E-state index contributed by atoms with van der Waals surface area (Å²) in [7, 11) is 1.59. The highest BCUT2D eigenvalue weighted by Crippen LogP contribution is 2.28. The number of amides is 1. The van der Waals surface area contributed by atoms with E-state index in [2.05, 4.69) is 10.4 Å². The molecule has 0 aliphatic heterocycles. The van der Waals surface area contributed by atoms with Crippen molar-refractivity contribution < 1.29 is 13.9 Å². The van der Waals surface area contributed by atoms with Crippen molar-refractivity contribution in [2.75, 3.05) is 7.11 Å². The van der Waals surface area contributed by atoms with Crippen molar-refractivity contribution in [1.82, 2.24) is 15.1 Å². The van der Waals surface area contributed by atoms with Crippen molar-refractivity contribution in [2.24, 2.45) is 0 Å². The Morgan fingerprint density at radius 1 is 1.21 bits per heavy atom. The van der Waals surface area contributed by atoms with Gasteiger partial charge >= 0.3 is 0 Å². The maximum Gasteiger partial charge on any atom is 0.256 e. The quantitative estimate of drug-likeness (QED) is 0.669. The molecule has 5 nitrogen and oxygen atoms in total. The Labute approximate surface area is 168 Å². The van der Waals surface area contributed by atoms with E-state index in [0.717, 1.165) is 11.1 Å². The van der Waals surface area contributed by atoms with E-state index in [4.69, 9.17) is 16.3 Å². The van der Waals surface area contributed by atoms with Crippen LogP contribution >= 0.6 is 11.6 Å². The second kappa shape index (κ2) is 8.02. The molecule has 0 spiro atoms. The number of hydrogen-bond donors (Lipinski definition) is 1. The molecule has 0 bridgehead atoms. The minimum Gasteiger partial charge on any atom is -0.496 e. The molecule has 7 heteroatoms. The minimum absolute atomic E-state index is 0.171. The molecule has 1 heterocycles. The van der Waals surface area contributed by atoms with E-state index in [1.165, 1.54) is 16.8 Å². The fraction of sp³-hybridized carbons (Fsp3) is 0.238. The van der Waals surface area contributed by atoms with Gasteiger partial charge in [0.05, 0.1) is 30.1 Å². The van der Waals surface area contributed by atoms with Crippen LogP contribution in [-0.2, 0) is 0 Å². The van der Waals surface area contributed by atoms with Crippen molar-refractivity contribution in [1.29, 1.82) is 0 Å². The summed E-state index contributed by atoms with van der Waals surface area (Å²) in [5.41, 5.74) is 3.27. The van der Waals surface area contributed by atoms with Gasteiger partial charge in [-0.25, -0.2) is 9.07 Å². The molecule has 0 fully saturated rings. The molecule has 0 radical (unpaired) electrons. The number of aromatic nitrogens is 2. The summed E-state index contributed by atoms with van der Waals surface area (Å²) in [5.74, 6) is -0.00205. The third-order valence-electron chi connectivity index (χ3n) is 4.50. The summed E-state index contributed by atoms with van der Waals surface area (Å²) in [6.45, 7) is 5.56.